The lowest BCUT2D eigenvalue weighted by atomic mass is 10.1. The molecule has 1 aromatic carbocycles. The van der Waals surface area contributed by atoms with Gasteiger partial charge < -0.3 is 20.1 Å². The zero-order chi connectivity index (χ0) is 31.2. The molecule has 0 radical (unpaired) electrons. The van der Waals surface area contributed by atoms with Crippen LogP contribution in [0.15, 0.2) is 67.1 Å². The third-order valence-corrected chi connectivity index (χ3v) is 7.02. The van der Waals surface area contributed by atoms with Crippen LogP contribution in [-0.2, 0) is 25.8 Å². The second-order valence-corrected chi connectivity index (χ2v) is 9.77. The first-order chi connectivity index (χ1) is 20.9. The average Bonchev–Trinajstić information content (AvgIpc) is 3.58. The summed E-state index contributed by atoms with van der Waals surface area (Å²) in [7, 11) is 1.64. The number of aliphatic hydroxyl groups excluding tert-OH is 1. The van der Waals surface area contributed by atoms with Crippen molar-refractivity contribution in [1.82, 2.24) is 30.5 Å². The summed E-state index contributed by atoms with van der Waals surface area (Å²) in [6.45, 7) is 12.2. The first-order valence-electron chi connectivity index (χ1n) is 15.0. The highest BCUT2D eigenvalue weighted by Gasteiger charge is 2.17. The standard InChI is InChI=1S/C24H27N5O2.C8H11NO.C2H6/c1-3-4-10-22(30)15(2)23-26-19-12-11-16(13-20(19)27-23)24(31)25-14-21-17-8-6-5-7-9-18(17)28-29-21;1-3-7-5-4-6-9-8(7)10-2;1-2/h3-4,10-13,30H,2,5-9,14H2,1H3,(H,25,31)(H,26,27)(H,28,29);4-6H,3H2,1-2H3;1-2H3/b4-3-,22-10+;;. The van der Waals surface area contributed by atoms with Crippen LogP contribution >= 0.6 is 0 Å². The second-order valence-electron chi connectivity index (χ2n) is 9.77. The van der Waals surface area contributed by atoms with Gasteiger partial charge in [0.2, 0.25) is 5.88 Å². The summed E-state index contributed by atoms with van der Waals surface area (Å²) in [4.78, 5) is 24.4. The number of nitrogens with one attached hydrogen (secondary N) is 3. The molecule has 0 fully saturated rings. The van der Waals surface area contributed by atoms with Gasteiger partial charge in [-0.15, -0.1) is 0 Å². The number of H-pyrrole nitrogens is 2. The minimum absolute atomic E-state index is 0.0354. The number of aliphatic hydroxyl groups is 1. The Balaban J connectivity index is 0.000000356. The van der Waals surface area contributed by atoms with Crippen molar-refractivity contribution >= 4 is 22.5 Å². The molecule has 3 aromatic heterocycles. The molecule has 0 bridgehead atoms. The van der Waals surface area contributed by atoms with Crippen molar-refractivity contribution in [2.45, 2.75) is 72.8 Å². The molecule has 0 saturated carbocycles. The van der Waals surface area contributed by atoms with E-state index in [2.05, 4.69) is 44.0 Å². The Hall–Kier alpha value is -4.66. The molecule has 4 aromatic rings. The number of methoxy groups -OCH3 is 1. The topological polar surface area (TPSA) is 129 Å². The van der Waals surface area contributed by atoms with Crippen molar-refractivity contribution in [1.29, 1.82) is 0 Å². The van der Waals surface area contributed by atoms with Crippen LogP contribution < -0.4 is 10.1 Å². The summed E-state index contributed by atoms with van der Waals surface area (Å²) >= 11 is 0. The van der Waals surface area contributed by atoms with Gasteiger partial charge in [-0.05, 0) is 74.9 Å². The number of hydrogen-bond donors (Lipinski definition) is 4. The minimum atomic E-state index is -0.168. The summed E-state index contributed by atoms with van der Waals surface area (Å²) in [6, 6.07) is 9.22. The maximum Gasteiger partial charge on any atom is 0.251 e. The van der Waals surface area contributed by atoms with Crippen LogP contribution in [0.4, 0.5) is 0 Å². The molecule has 43 heavy (non-hydrogen) atoms. The molecule has 0 atom stereocenters. The van der Waals surface area contributed by atoms with Gasteiger partial charge >= 0.3 is 0 Å². The van der Waals surface area contributed by atoms with Gasteiger partial charge in [0.15, 0.2) is 0 Å². The molecule has 3 heterocycles. The van der Waals surface area contributed by atoms with E-state index in [1.165, 1.54) is 24.1 Å². The normalized spacial score (nSPS) is 12.8. The fraction of sp³-hybridized carbons (Fsp3) is 0.353. The predicted molar refractivity (Wildman–Crippen MR) is 173 cm³/mol. The summed E-state index contributed by atoms with van der Waals surface area (Å²) in [5, 5.41) is 20.6. The molecule has 1 aliphatic rings. The van der Waals surface area contributed by atoms with Gasteiger partial charge in [-0.3, -0.25) is 9.89 Å². The number of rotatable bonds is 8. The fourth-order valence-corrected chi connectivity index (χ4v) is 4.72. The minimum Gasteiger partial charge on any atom is -0.507 e. The lowest BCUT2D eigenvalue weighted by molar-refractivity contribution is 0.0950. The molecular formula is C34H44N6O3. The Labute approximate surface area is 254 Å². The number of imidazole rings is 1. The highest BCUT2D eigenvalue weighted by molar-refractivity contribution is 5.97. The number of pyridine rings is 1. The molecule has 228 valence electrons. The van der Waals surface area contributed by atoms with Crippen molar-refractivity contribution in [3.8, 4) is 5.88 Å². The van der Waals surface area contributed by atoms with E-state index in [1.54, 1.807) is 43.7 Å². The maximum absolute atomic E-state index is 12.7. The molecule has 0 spiro atoms. The van der Waals surface area contributed by atoms with E-state index in [-0.39, 0.29) is 11.7 Å². The molecule has 0 aliphatic heterocycles. The van der Waals surface area contributed by atoms with E-state index < -0.39 is 0 Å². The number of allylic oxidation sites excluding steroid dienone is 4. The first kappa shape index (κ1) is 32.8. The van der Waals surface area contributed by atoms with E-state index in [0.29, 0.717) is 34.5 Å². The van der Waals surface area contributed by atoms with Crippen molar-refractivity contribution in [2.75, 3.05) is 7.11 Å². The monoisotopic (exact) mass is 584 g/mol. The lowest BCUT2D eigenvalue weighted by Crippen LogP contribution is -2.23. The summed E-state index contributed by atoms with van der Waals surface area (Å²) in [5.74, 6) is 1.07. The van der Waals surface area contributed by atoms with Gasteiger partial charge in [0, 0.05) is 23.0 Å². The van der Waals surface area contributed by atoms with Crippen LogP contribution in [0.2, 0.25) is 0 Å². The molecular weight excluding hydrogens is 540 g/mol. The number of aryl methyl sites for hydroxylation is 2. The smallest absolute Gasteiger partial charge is 0.251 e. The summed E-state index contributed by atoms with van der Waals surface area (Å²) in [5.41, 5.74) is 6.87. The molecule has 1 aliphatic carbocycles. The van der Waals surface area contributed by atoms with Crippen molar-refractivity contribution in [3.05, 3.63) is 101 Å². The van der Waals surface area contributed by atoms with Crippen LogP contribution in [0.3, 0.4) is 0 Å². The highest BCUT2D eigenvalue weighted by Crippen LogP contribution is 2.23. The Morgan fingerprint density at radius 1 is 1.19 bits per heavy atom. The van der Waals surface area contributed by atoms with E-state index >= 15 is 0 Å². The maximum atomic E-state index is 12.7. The van der Waals surface area contributed by atoms with Crippen LogP contribution in [0.25, 0.3) is 16.6 Å². The Morgan fingerprint density at radius 3 is 2.70 bits per heavy atom. The third-order valence-electron chi connectivity index (χ3n) is 7.02. The van der Waals surface area contributed by atoms with E-state index in [9.17, 15) is 9.90 Å². The zero-order valence-corrected chi connectivity index (χ0v) is 26.0. The Kier molecular flexibility index (Phi) is 12.8. The number of carbonyl (C=O) groups is 1. The lowest BCUT2D eigenvalue weighted by Gasteiger charge is -2.06. The first-order valence-corrected chi connectivity index (χ1v) is 15.0. The number of amides is 1. The summed E-state index contributed by atoms with van der Waals surface area (Å²) in [6.07, 6.45) is 13.4. The summed E-state index contributed by atoms with van der Waals surface area (Å²) < 4.78 is 5.03. The van der Waals surface area contributed by atoms with Gasteiger partial charge in [-0.25, -0.2) is 9.97 Å². The van der Waals surface area contributed by atoms with Crippen molar-refractivity contribution < 1.29 is 14.6 Å². The molecule has 9 heteroatoms. The van der Waals surface area contributed by atoms with E-state index in [0.717, 1.165) is 42.8 Å². The van der Waals surface area contributed by atoms with Gasteiger partial charge in [-0.1, -0.05) is 52.0 Å². The Morgan fingerprint density at radius 2 is 1.98 bits per heavy atom. The molecule has 9 nitrogen and oxygen atoms in total. The fourth-order valence-electron chi connectivity index (χ4n) is 4.72. The predicted octanol–water partition coefficient (Wildman–Crippen LogP) is 7.19. The average molecular weight is 585 g/mol. The molecule has 5 rings (SSSR count). The third kappa shape index (κ3) is 8.67. The number of aromatic amines is 2. The number of fused-ring (bicyclic) bond motifs is 2. The second kappa shape index (κ2) is 16.7. The van der Waals surface area contributed by atoms with Crippen LogP contribution in [-0.4, -0.2) is 43.3 Å². The largest absolute Gasteiger partial charge is 0.507 e. The zero-order valence-electron chi connectivity index (χ0n) is 26.0. The van der Waals surface area contributed by atoms with Gasteiger partial charge in [0.1, 0.15) is 11.6 Å². The number of aromatic nitrogens is 5. The van der Waals surface area contributed by atoms with Crippen LogP contribution in [0.1, 0.15) is 85.7 Å². The highest BCUT2D eigenvalue weighted by atomic mass is 16.5. The molecule has 0 unspecified atom stereocenters. The van der Waals surface area contributed by atoms with Gasteiger partial charge in [0.25, 0.3) is 5.91 Å². The number of ether oxygens (including phenoxy) is 1. The van der Waals surface area contributed by atoms with Crippen molar-refractivity contribution in [3.63, 3.8) is 0 Å². The SMILES string of the molecule is C=C(/C(O)=C\C=C/C)c1nc2ccc(C(=O)NCc3n[nH]c4c3CCCCC4)cc2[nH]1.CC.CCc1cccnc1OC. The van der Waals surface area contributed by atoms with Crippen molar-refractivity contribution in [2.24, 2.45) is 0 Å². The number of carbonyl (C=O) groups excluding carboxylic acids is 1. The van der Waals surface area contributed by atoms with Crippen LogP contribution in [0.5, 0.6) is 5.88 Å². The van der Waals surface area contributed by atoms with Gasteiger partial charge in [-0.2, -0.15) is 5.10 Å². The molecule has 4 N–H and O–H groups in total. The van der Waals surface area contributed by atoms with E-state index in [1.807, 2.05) is 39.0 Å². The number of hydrogen-bond acceptors (Lipinski definition) is 6. The quantitative estimate of drug-likeness (QED) is 0.0985. The number of nitrogens with zero attached hydrogens (tertiary/aromatic N) is 3. The van der Waals surface area contributed by atoms with Gasteiger partial charge in [0.05, 0.1) is 36.0 Å². The number of benzene rings is 1. The Bertz CT molecular complexity index is 1540. The van der Waals surface area contributed by atoms with E-state index in [4.69, 9.17) is 4.74 Å². The molecule has 0 saturated heterocycles. The van der Waals surface area contributed by atoms with Crippen LogP contribution in [0, 0.1) is 0 Å². The molecule has 1 amide bonds.